The van der Waals surface area contributed by atoms with Gasteiger partial charge in [-0.15, -0.1) is 0 Å². The molecule has 0 spiro atoms. The minimum atomic E-state index is 0.767. The summed E-state index contributed by atoms with van der Waals surface area (Å²) in [6.07, 6.45) is 0. The Balaban J connectivity index is 0.809. The van der Waals surface area contributed by atoms with Crippen LogP contribution >= 0.6 is 0 Å². The number of ether oxygens (including phenoxy) is 8. The zero-order chi connectivity index (χ0) is 81.7. The lowest BCUT2D eigenvalue weighted by Crippen LogP contribution is -2.10. The van der Waals surface area contributed by atoms with Crippen LogP contribution in [0.5, 0.6) is 46.0 Å². The molecule has 14 nitrogen and oxygen atoms in total. The molecular formula is C106H86N6O8. The highest BCUT2D eigenvalue weighted by Crippen LogP contribution is 2.49. The molecule has 2 heterocycles. The second-order valence-corrected chi connectivity index (χ2v) is 29.0. The molecule has 18 rings (SSSR count). The van der Waals surface area contributed by atoms with Gasteiger partial charge in [-0.3, -0.25) is 0 Å². The van der Waals surface area contributed by atoms with E-state index in [0.717, 1.165) is 203 Å². The van der Waals surface area contributed by atoms with Gasteiger partial charge in [-0.05, 0) is 325 Å². The third-order valence-electron chi connectivity index (χ3n) is 22.3. The number of hydrogen-bond donors (Lipinski definition) is 0. The summed E-state index contributed by atoms with van der Waals surface area (Å²) in [5, 5.41) is 4.22. The van der Waals surface area contributed by atoms with Crippen LogP contribution in [0.25, 0.3) is 66.1 Å². The number of methoxy groups -OCH3 is 8. The van der Waals surface area contributed by atoms with Crippen LogP contribution in [0, 0.1) is 0 Å². The van der Waals surface area contributed by atoms with Crippen molar-refractivity contribution in [2.75, 3.05) is 76.5 Å². The first-order valence-corrected chi connectivity index (χ1v) is 39.7. The summed E-state index contributed by atoms with van der Waals surface area (Å²) < 4.78 is 50.4. The highest BCUT2D eigenvalue weighted by Gasteiger charge is 2.26. The van der Waals surface area contributed by atoms with Crippen LogP contribution in [0.1, 0.15) is 22.3 Å². The lowest BCUT2D eigenvalue weighted by molar-refractivity contribution is 0.414. The molecule has 2 aromatic heterocycles. The Labute approximate surface area is 698 Å². The van der Waals surface area contributed by atoms with E-state index in [9.17, 15) is 0 Å². The Morgan fingerprint density at radius 1 is 0.175 bits per heavy atom. The molecule has 0 amide bonds. The average molecular weight is 1570 g/mol. The van der Waals surface area contributed by atoms with E-state index in [-0.39, 0.29) is 0 Å². The van der Waals surface area contributed by atoms with Crippen molar-refractivity contribution in [1.29, 1.82) is 0 Å². The number of anilines is 12. The highest BCUT2D eigenvalue weighted by molar-refractivity contribution is 6.14. The zero-order valence-electron chi connectivity index (χ0n) is 67.7. The number of benzene rings is 16. The van der Waals surface area contributed by atoms with Gasteiger partial charge in [0.15, 0.2) is 0 Å². The van der Waals surface area contributed by atoms with Gasteiger partial charge in [-0.25, -0.2) is 0 Å². The fourth-order valence-electron chi connectivity index (χ4n) is 16.4. The zero-order valence-corrected chi connectivity index (χ0v) is 67.7. The summed E-state index contributed by atoms with van der Waals surface area (Å²) in [5.74, 6) is 6.14. The van der Waals surface area contributed by atoms with Crippen molar-refractivity contribution in [1.82, 2.24) is 9.13 Å². The molecule has 16 aromatic carbocycles. The van der Waals surface area contributed by atoms with Gasteiger partial charge in [0.2, 0.25) is 0 Å². The summed E-state index contributed by atoms with van der Waals surface area (Å²) in [6, 6.07) is 133. The van der Waals surface area contributed by atoms with Crippen LogP contribution in [0.3, 0.4) is 0 Å². The van der Waals surface area contributed by atoms with Gasteiger partial charge in [-0.1, -0.05) is 84.9 Å². The molecule has 0 aliphatic rings. The van der Waals surface area contributed by atoms with Crippen LogP contribution in [0.15, 0.2) is 376 Å². The third kappa shape index (κ3) is 14.6. The van der Waals surface area contributed by atoms with E-state index < -0.39 is 0 Å². The first-order chi connectivity index (χ1) is 59.1. The maximum absolute atomic E-state index is 5.70. The summed E-state index contributed by atoms with van der Waals surface area (Å²) >= 11 is 0. The number of hydrogen-bond acceptors (Lipinski definition) is 12. The average Bonchev–Trinajstić information content (AvgIpc) is 1.61. The van der Waals surface area contributed by atoms with Gasteiger partial charge in [0.25, 0.3) is 0 Å². The molecule has 0 atom stereocenters. The van der Waals surface area contributed by atoms with Crippen molar-refractivity contribution in [3.8, 4) is 57.4 Å². The lowest BCUT2D eigenvalue weighted by Gasteiger charge is -2.26. The fourth-order valence-corrected chi connectivity index (χ4v) is 16.4. The first kappa shape index (κ1) is 75.8. The molecule has 14 heteroatoms. The van der Waals surface area contributed by atoms with Gasteiger partial charge in [0.1, 0.15) is 46.0 Å². The molecule has 0 saturated carbocycles. The lowest BCUT2D eigenvalue weighted by atomic mass is 9.85. The van der Waals surface area contributed by atoms with Gasteiger partial charge in [0.05, 0.1) is 78.9 Å². The summed E-state index contributed by atoms with van der Waals surface area (Å²) in [5.41, 5.74) is 24.1. The van der Waals surface area contributed by atoms with Crippen molar-refractivity contribution in [2.24, 2.45) is 0 Å². The van der Waals surface area contributed by atoms with Crippen molar-refractivity contribution in [3.63, 3.8) is 0 Å². The predicted octanol–water partition coefficient (Wildman–Crippen LogP) is 26.8. The minimum Gasteiger partial charge on any atom is -0.497 e. The van der Waals surface area contributed by atoms with Crippen LogP contribution in [0.4, 0.5) is 68.2 Å². The summed E-state index contributed by atoms with van der Waals surface area (Å²) in [4.78, 5) is 9.11. The molecule has 0 aliphatic carbocycles. The largest absolute Gasteiger partial charge is 0.497 e. The molecular weight excluding hydrogens is 1490 g/mol. The van der Waals surface area contributed by atoms with E-state index in [4.69, 9.17) is 37.9 Å². The SMILES string of the molecule is COc1ccc(N(c2ccc(OC)cc2)c2ccc3c(c2)c2cc(N(c4ccc(OC)cc4)c4ccc(OC)cc4)ccc2n3-c2ccc(C(=C(c3ccccc3)c3ccccc3)c3ccc(-n4c5ccc(N(c6ccc(OC)cc6)c6ccc(OC)cc6)cc5c5cc(N(c6ccc(OC)cc6)c6ccc(OC)cc6)ccc54)cc3)cc2)cc1. The second-order valence-electron chi connectivity index (χ2n) is 29.0. The Morgan fingerprint density at radius 3 is 0.517 bits per heavy atom. The molecule has 0 aliphatic heterocycles. The molecule has 18 aromatic rings. The highest BCUT2D eigenvalue weighted by atomic mass is 16.5. The monoisotopic (exact) mass is 1570 g/mol. The maximum Gasteiger partial charge on any atom is 0.119 e. The Hall–Kier alpha value is -15.5. The van der Waals surface area contributed by atoms with E-state index in [2.05, 4.69) is 308 Å². The number of nitrogens with zero attached hydrogens (tertiary/aromatic N) is 6. The van der Waals surface area contributed by atoms with Crippen molar-refractivity contribution in [2.45, 2.75) is 0 Å². The van der Waals surface area contributed by atoms with Crippen LogP contribution in [-0.4, -0.2) is 66.0 Å². The van der Waals surface area contributed by atoms with Gasteiger partial charge in [0, 0.05) is 101 Å². The van der Waals surface area contributed by atoms with Crippen LogP contribution in [-0.2, 0) is 0 Å². The molecule has 120 heavy (non-hydrogen) atoms. The molecule has 0 radical (unpaired) electrons. The van der Waals surface area contributed by atoms with Crippen molar-refractivity contribution >= 4 is 123 Å². The van der Waals surface area contributed by atoms with Gasteiger partial charge < -0.3 is 66.6 Å². The fraction of sp³-hybridized carbons (Fsp3) is 0.0755. The van der Waals surface area contributed by atoms with Crippen LogP contribution in [0.2, 0.25) is 0 Å². The van der Waals surface area contributed by atoms with E-state index in [0.29, 0.717) is 0 Å². The Bertz CT molecular complexity index is 5770. The van der Waals surface area contributed by atoms with Crippen LogP contribution < -0.4 is 57.5 Å². The molecule has 588 valence electrons. The Morgan fingerprint density at radius 2 is 0.342 bits per heavy atom. The summed E-state index contributed by atoms with van der Waals surface area (Å²) in [7, 11) is 13.5. The van der Waals surface area contributed by atoms with E-state index in [1.165, 1.54) is 0 Å². The van der Waals surface area contributed by atoms with E-state index in [1.807, 2.05) is 97.1 Å². The van der Waals surface area contributed by atoms with Crippen molar-refractivity contribution < 1.29 is 37.9 Å². The molecule has 0 unspecified atom stereocenters. The quantitative estimate of drug-likeness (QED) is 0.0483. The molecule has 0 saturated heterocycles. The smallest absolute Gasteiger partial charge is 0.119 e. The van der Waals surface area contributed by atoms with Crippen molar-refractivity contribution in [3.05, 3.63) is 398 Å². The van der Waals surface area contributed by atoms with Gasteiger partial charge >= 0.3 is 0 Å². The topological polar surface area (TPSA) is 96.7 Å². The maximum atomic E-state index is 5.70. The Kier molecular flexibility index (Phi) is 21.1. The number of aromatic nitrogens is 2. The second kappa shape index (κ2) is 33.4. The molecule has 0 bridgehead atoms. The number of rotatable bonds is 26. The predicted molar refractivity (Wildman–Crippen MR) is 491 cm³/mol. The summed E-state index contributed by atoms with van der Waals surface area (Å²) in [6.45, 7) is 0. The normalized spacial score (nSPS) is 11.2. The molecule has 0 fully saturated rings. The van der Waals surface area contributed by atoms with Gasteiger partial charge in [-0.2, -0.15) is 0 Å². The minimum absolute atomic E-state index is 0.767. The number of fused-ring (bicyclic) bond motifs is 6. The molecule has 0 N–H and O–H groups in total. The standard InChI is InChI=1S/C106H86N6O8/c1-113-89-47-27-75(28-48-89)107(76-29-49-90(114-2)50-30-76)85-43-63-101-97(67-85)98-68-86(108(77-31-51-91(115-3)52-32-77)78-33-53-92(116-4)54-34-78)44-64-102(98)111(101)83-23-19-73(20-24-83)106(105(71-15-11-9-12-16-71)72-17-13-10-14-18-72)74-21-25-84(26-22-74)112-103-65-45-87(109(79-35-55-93(117-5)56-36-79)80-37-57-94(118-6)58-38-80)69-99(103)100-70-88(46-66-104(100)112)110(81-39-59-95(119-7)60-40-81)82-41-61-96(120-8)62-42-82/h9-70H,1-8H3. The van der Waals surface area contributed by atoms with E-state index in [1.54, 1.807) is 56.9 Å². The first-order valence-electron chi connectivity index (χ1n) is 39.7. The van der Waals surface area contributed by atoms with E-state index >= 15 is 0 Å². The third-order valence-corrected chi connectivity index (χ3v) is 22.3.